The summed E-state index contributed by atoms with van der Waals surface area (Å²) in [6.45, 7) is 0.0535. The predicted octanol–water partition coefficient (Wildman–Crippen LogP) is 2.02. The number of fused-ring (bicyclic) bond motifs is 1. The van der Waals surface area contributed by atoms with Crippen LogP contribution in [0.1, 0.15) is 10.4 Å². The summed E-state index contributed by atoms with van der Waals surface area (Å²) in [4.78, 5) is 35.5. The van der Waals surface area contributed by atoms with Crippen molar-refractivity contribution < 1.29 is 28.6 Å². The number of rotatable bonds is 3. The zero-order valence-electron chi connectivity index (χ0n) is 13.1. The minimum absolute atomic E-state index is 0.0535. The molecule has 0 bridgehead atoms. The van der Waals surface area contributed by atoms with E-state index in [1.54, 1.807) is 29.6 Å². The maximum atomic E-state index is 12.4. The van der Waals surface area contributed by atoms with Crippen LogP contribution in [0, 0.1) is 0 Å². The number of carbonyl (C=O) groups excluding carboxylic acids is 3. The van der Waals surface area contributed by atoms with Crippen LogP contribution in [-0.4, -0.2) is 37.7 Å². The second kappa shape index (κ2) is 7.22. The van der Waals surface area contributed by atoms with E-state index in [1.807, 2.05) is 5.32 Å². The average Bonchev–Trinajstić information content (AvgIpc) is 3.09. The summed E-state index contributed by atoms with van der Waals surface area (Å²) < 4.78 is 15.5. The first kappa shape index (κ1) is 16.8. The van der Waals surface area contributed by atoms with Crippen molar-refractivity contribution in [3.05, 3.63) is 41.3 Å². The minimum atomic E-state index is -0.880. The first-order valence-corrected chi connectivity index (χ1v) is 8.12. The number of hydrogen-bond donors (Lipinski definition) is 2. The number of hydrogen-bond acceptors (Lipinski definition) is 7. The van der Waals surface area contributed by atoms with Gasteiger partial charge in [0.1, 0.15) is 11.6 Å². The van der Waals surface area contributed by atoms with E-state index < -0.39 is 24.0 Å². The average molecular weight is 362 g/mol. The van der Waals surface area contributed by atoms with Crippen molar-refractivity contribution in [3.63, 3.8) is 0 Å². The fourth-order valence-corrected chi connectivity index (χ4v) is 2.92. The predicted molar refractivity (Wildman–Crippen MR) is 89.2 cm³/mol. The molecule has 25 heavy (non-hydrogen) atoms. The van der Waals surface area contributed by atoms with Crippen LogP contribution >= 0.6 is 11.3 Å². The molecule has 8 nitrogen and oxygen atoms in total. The second-order valence-electron chi connectivity index (χ2n) is 4.96. The number of methoxy groups -OCH3 is 1. The van der Waals surface area contributed by atoms with Gasteiger partial charge in [-0.15, -0.1) is 11.3 Å². The molecule has 0 unspecified atom stereocenters. The molecule has 0 saturated carbocycles. The number of ether oxygens (including phenoxy) is 3. The lowest BCUT2D eigenvalue weighted by Gasteiger charge is -2.25. The van der Waals surface area contributed by atoms with E-state index >= 15 is 0 Å². The lowest BCUT2D eigenvalue weighted by molar-refractivity contribution is -0.125. The number of benzene rings is 1. The molecular formula is C16H14N2O6S. The van der Waals surface area contributed by atoms with Gasteiger partial charge in [-0.05, 0) is 23.6 Å². The molecule has 1 aromatic carbocycles. The van der Waals surface area contributed by atoms with Crippen LogP contribution in [0.4, 0.5) is 9.80 Å². The van der Waals surface area contributed by atoms with Gasteiger partial charge in [-0.1, -0.05) is 12.1 Å². The molecule has 0 spiro atoms. The number of anilines is 1. The molecule has 0 fully saturated rings. The number of amides is 3. The van der Waals surface area contributed by atoms with E-state index in [9.17, 15) is 14.4 Å². The summed E-state index contributed by atoms with van der Waals surface area (Å²) in [7, 11) is 1.15. The number of para-hydroxylation sites is 2. The fourth-order valence-electron chi connectivity index (χ4n) is 2.14. The minimum Gasteiger partial charge on any atom is -0.485 e. The Labute approximate surface area is 146 Å². The Balaban J connectivity index is 1.67. The quantitative estimate of drug-likeness (QED) is 0.866. The summed E-state index contributed by atoms with van der Waals surface area (Å²) in [6, 6.07) is 8.52. The molecule has 3 rings (SSSR count). The molecule has 1 aliphatic rings. The standard InChI is InChI=1S/C16H14N2O6S/c1-22-16(21)18-13(19)9-6-7-25-15(9)17-14(20)12-8-23-10-4-2-3-5-11(10)24-12/h2-7,12H,8H2,1H3,(H,17,20)(H,18,19,21)/t12-/m1/s1. The number of carbonyl (C=O) groups is 3. The van der Waals surface area contributed by atoms with Crippen LogP contribution in [0.25, 0.3) is 0 Å². The first-order chi connectivity index (χ1) is 12.1. The van der Waals surface area contributed by atoms with Crippen LogP contribution < -0.4 is 20.1 Å². The van der Waals surface area contributed by atoms with Crippen molar-refractivity contribution in [3.8, 4) is 11.5 Å². The van der Waals surface area contributed by atoms with Crippen molar-refractivity contribution in [2.24, 2.45) is 0 Å². The highest BCUT2D eigenvalue weighted by Crippen LogP contribution is 2.31. The van der Waals surface area contributed by atoms with Crippen molar-refractivity contribution >= 4 is 34.2 Å². The molecule has 9 heteroatoms. The molecule has 1 aliphatic heterocycles. The first-order valence-electron chi connectivity index (χ1n) is 7.24. The third kappa shape index (κ3) is 3.72. The Bertz CT molecular complexity index is 818. The molecule has 0 saturated heterocycles. The van der Waals surface area contributed by atoms with E-state index in [2.05, 4.69) is 10.1 Å². The van der Waals surface area contributed by atoms with Gasteiger partial charge >= 0.3 is 6.09 Å². The van der Waals surface area contributed by atoms with Gasteiger partial charge in [0.25, 0.3) is 11.8 Å². The number of alkyl carbamates (subject to hydrolysis) is 1. The van der Waals surface area contributed by atoms with E-state index in [1.165, 1.54) is 6.07 Å². The van der Waals surface area contributed by atoms with E-state index in [-0.39, 0.29) is 12.2 Å². The van der Waals surface area contributed by atoms with Gasteiger partial charge in [-0.25, -0.2) is 4.79 Å². The number of nitrogens with one attached hydrogen (secondary N) is 2. The zero-order valence-corrected chi connectivity index (χ0v) is 13.9. The molecule has 0 aliphatic carbocycles. The highest BCUT2D eigenvalue weighted by atomic mass is 32.1. The third-order valence-corrected chi connectivity index (χ3v) is 4.18. The Morgan fingerprint density at radius 1 is 1.20 bits per heavy atom. The molecule has 1 aromatic heterocycles. The molecule has 3 amide bonds. The summed E-state index contributed by atoms with van der Waals surface area (Å²) in [5.74, 6) is -0.0804. The Morgan fingerprint density at radius 2 is 1.96 bits per heavy atom. The normalized spacial score (nSPS) is 15.2. The fraction of sp³-hybridized carbons (Fsp3) is 0.188. The van der Waals surface area contributed by atoms with Gasteiger partial charge in [0.05, 0.1) is 12.7 Å². The van der Waals surface area contributed by atoms with Crippen molar-refractivity contribution in [1.82, 2.24) is 5.32 Å². The van der Waals surface area contributed by atoms with Crippen LogP contribution in [-0.2, 0) is 9.53 Å². The van der Waals surface area contributed by atoms with Gasteiger partial charge in [0.15, 0.2) is 11.5 Å². The lowest BCUT2D eigenvalue weighted by atomic mass is 10.2. The SMILES string of the molecule is COC(=O)NC(=O)c1ccsc1NC(=O)[C@H]1COc2ccccc2O1. The topological polar surface area (TPSA) is 103 Å². The molecule has 130 valence electrons. The number of imide groups is 1. The van der Waals surface area contributed by atoms with Gasteiger partial charge in [0, 0.05) is 0 Å². The van der Waals surface area contributed by atoms with Gasteiger partial charge in [-0.3, -0.25) is 14.9 Å². The number of thiophene rings is 1. The maximum Gasteiger partial charge on any atom is 0.413 e. The molecule has 2 heterocycles. The molecule has 2 N–H and O–H groups in total. The van der Waals surface area contributed by atoms with Crippen LogP contribution in [0.2, 0.25) is 0 Å². The Kier molecular flexibility index (Phi) is 4.85. The smallest absolute Gasteiger partial charge is 0.413 e. The summed E-state index contributed by atoms with van der Waals surface area (Å²) in [5, 5.41) is 6.58. The molecule has 2 aromatic rings. The van der Waals surface area contributed by atoms with E-state index in [0.717, 1.165) is 18.4 Å². The largest absolute Gasteiger partial charge is 0.485 e. The Morgan fingerprint density at radius 3 is 2.72 bits per heavy atom. The third-order valence-electron chi connectivity index (χ3n) is 3.35. The monoisotopic (exact) mass is 362 g/mol. The molecular weight excluding hydrogens is 348 g/mol. The summed E-state index contributed by atoms with van der Waals surface area (Å²) in [6.07, 6.45) is -1.73. The van der Waals surface area contributed by atoms with Gasteiger partial charge in [0.2, 0.25) is 6.10 Å². The molecule has 1 atom stereocenters. The summed E-state index contributed by atoms with van der Waals surface area (Å²) >= 11 is 1.15. The van der Waals surface area contributed by atoms with Gasteiger partial charge in [-0.2, -0.15) is 0 Å². The van der Waals surface area contributed by atoms with Crippen LogP contribution in [0.15, 0.2) is 35.7 Å². The van der Waals surface area contributed by atoms with Crippen molar-refractivity contribution in [1.29, 1.82) is 0 Å². The van der Waals surface area contributed by atoms with Crippen molar-refractivity contribution in [2.75, 3.05) is 19.0 Å². The highest BCUT2D eigenvalue weighted by Gasteiger charge is 2.28. The van der Waals surface area contributed by atoms with Crippen molar-refractivity contribution in [2.45, 2.75) is 6.10 Å². The molecule has 0 radical (unpaired) electrons. The lowest BCUT2D eigenvalue weighted by Crippen LogP contribution is -2.40. The second-order valence-corrected chi connectivity index (χ2v) is 5.88. The summed E-state index contributed by atoms with van der Waals surface area (Å²) in [5.41, 5.74) is 0.154. The van der Waals surface area contributed by atoms with Crippen LogP contribution in [0.3, 0.4) is 0 Å². The van der Waals surface area contributed by atoms with E-state index in [4.69, 9.17) is 9.47 Å². The maximum absolute atomic E-state index is 12.4. The highest BCUT2D eigenvalue weighted by molar-refractivity contribution is 7.14. The van der Waals surface area contributed by atoms with E-state index in [0.29, 0.717) is 16.5 Å². The zero-order chi connectivity index (χ0) is 17.8. The Hall–Kier alpha value is -3.07. The van der Waals surface area contributed by atoms with Gasteiger partial charge < -0.3 is 19.5 Å². The van der Waals surface area contributed by atoms with Crippen LogP contribution in [0.5, 0.6) is 11.5 Å².